The summed E-state index contributed by atoms with van der Waals surface area (Å²) in [5.74, 6) is -0.425. The Morgan fingerprint density at radius 2 is 2.00 bits per heavy atom. The molecule has 1 heterocycles. The number of carbonyl (C=O) groups excluding carboxylic acids is 1. The second-order valence-electron chi connectivity index (χ2n) is 3.36. The molecule has 0 bridgehead atoms. The Morgan fingerprint density at radius 1 is 1.25 bits per heavy atom. The van der Waals surface area contributed by atoms with Gasteiger partial charge in [-0.25, -0.2) is 0 Å². The summed E-state index contributed by atoms with van der Waals surface area (Å²) in [4.78, 5) is 15.0. The third-order valence-corrected chi connectivity index (χ3v) is 3.08. The topological polar surface area (TPSA) is 56.0 Å². The Morgan fingerprint density at radius 3 is 2.69 bits per heavy atom. The molecule has 0 spiro atoms. The van der Waals surface area contributed by atoms with E-state index in [0.717, 1.165) is 10.8 Å². The molecule has 1 amide bonds. The summed E-state index contributed by atoms with van der Waals surface area (Å²) >= 11 is 12.0. The maximum absolute atomic E-state index is 10.9. The number of fused-ring (bicyclic) bond motifs is 1. The highest BCUT2D eigenvalue weighted by atomic mass is 35.5. The monoisotopic (exact) mass is 254 g/mol. The predicted octanol–water partition coefficient (Wildman–Crippen LogP) is 2.57. The number of hydrogen-bond acceptors (Lipinski definition) is 2. The maximum atomic E-state index is 10.9. The molecule has 0 fully saturated rings. The highest BCUT2D eigenvalue weighted by Gasteiger charge is 2.09. The minimum atomic E-state index is -0.425. The molecule has 0 aliphatic heterocycles. The summed E-state index contributed by atoms with van der Waals surface area (Å²) in [6, 6.07) is 5.22. The lowest BCUT2D eigenvalue weighted by Gasteiger charge is -2.06. The molecule has 0 radical (unpaired) electrons. The van der Waals surface area contributed by atoms with Crippen molar-refractivity contribution in [2.75, 3.05) is 0 Å². The van der Waals surface area contributed by atoms with Gasteiger partial charge in [0.05, 0.1) is 22.2 Å². The normalized spacial score (nSPS) is 10.6. The van der Waals surface area contributed by atoms with Gasteiger partial charge in [0, 0.05) is 17.0 Å². The summed E-state index contributed by atoms with van der Waals surface area (Å²) in [7, 11) is 0. The van der Waals surface area contributed by atoms with E-state index in [1.54, 1.807) is 24.4 Å². The van der Waals surface area contributed by atoms with Gasteiger partial charge in [-0.2, -0.15) is 0 Å². The van der Waals surface area contributed by atoms with E-state index in [4.69, 9.17) is 28.9 Å². The molecule has 16 heavy (non-hydrogen) atoms. The Labute approximate surface area is 102 Å². The van der Waals surface area contributed by atoms with E-state index in [-0.39, 0.29) is 6.42 Å². The van der Waals surface area contributed by atoms with Crippen LogP contribution in [0.1, 0.15) is 5.69 Å². The zero-order valence-electron chi connectivity index (χ0n) is 8.21. The van der Waals surface area contributed by atoms with Crippen molar-refractivity contribution in [3.63, 3.8) is 0 Å². The molecular formula is C11H8Cl2N2O. The van der Waals surface area contributed by atoms with Crippen molar-refractivity contribution in [2.45, 2.75) is 6.42 Å². The first-order valence-electron chi connectivity index (χ1n) is 4.59. The lowest BCUT2D eigenvalue weighted by molar-refractivity contribution is -0.117. The second kappa shape index (κ2) is 4.28. The lowest BCUT2D eigenvalue weighted by atomic mass is 10.1. The van der Waals surface area contributed by atoms with E-state index in [2.05, 4.69) is 4.98 Å². The van der Waals surface area contributed by atoms with Gasteiger partial charge in [0.1, 0.15) is 0 Å². The van der Waals surface area contributed by atoms with Crippen LogP contribution in [0, 0.1) is 0 Å². The third kappa shape index (κ3) is 1.96. The van der Waals surface area contributed by atoms with Crippen LogP contribution >= 0.6 is 23.2 Å². The molecule has 2 aromatic rings. The quantitative estimate of drug-likeness (QED) is 0.896. The van der Waals surface area contributed by atoms with E-state index in [1.807, 2.05) is 0 Å². The first-order chi connectivity index (χ1) is 7.59. The zero-order chi connectivity index (χ0) is 11.7. The number of halogens is 2. The standard InChI is InChI=1S/C11H8Cl2N2O/c12-8-2-1-6-7(11(8)13)3-4-15-9(6)5-10(14)16/h1-4H,5H2,(H2,14,16). The average molecular weight is 255 g/mol. The first kappa shape index (κ1) is 11.2. The van der Waals surface area contributed by atoms with E-state index in [0.29, 0.717) is 15.7 Å². The van der Waals surface area contributed by atoms with Crippen LogP contribution in [0.15, 0.2) is 24.4 Å². The summed E-state index contributed by atoms with van der Waals surface area (Å²) in [6.45, 7) is 0. The van der Waals surface area contributed by atoms with Crippen LogP contribution < -0.4 is 5.73 Å². The molecule has 0 saturated heterocycles. The number of primary amides is 1. The highest BCUT2D eigenvalue weighted by Crippen LogP contribution is 2.31. The summed E-state index contributed by atoms with van der Waals surface area (Å²) in [5.41, 5.74) is 5.76. The molecule has 0 saturated carbocycles. The van der Waals surface area contributed by atoms with Crippen LogP contribution in [0.3, 0.4) is 0 Å². The fourth-order valence-corrected chi connectivity index (χ4v) is 1.95. The van der Waals surface area contributed by atoms with Gasteiger partial charge in [-0.3, -0.25) is 9.78 Å². The van der Waals surface area contributed by atoms with Crippen molar-refractivity contribution in [1.29, 1.82) is 0 Å². The number of amides is 1. The number of aromatic nitrogens is 1. The molecule has 1 aromatic heterocycles. The smallest absolute Gasteiger partial charge is 0.223 e. The highest BCUT2D eigenvalue weighted by molar-refractivity contribution is 6.45. The van der Waals surface area contributed by atoms with Crippen LogP contribution in [0.4, 0.5) is 0 Å². The largest absolute Gasteiger partial charge is 0.369 e. The summed E-state index contributed by atoms with van der Waals surface area (Å²) < 4.78 is 0. The Hall–Kier alpha value is -1.32. The number of pyridine rings is 1. The fraction of sp³-hybridized carbons (Fsp3) is 0.0909. The molecule has 82 valence electrons. The summed E-state index contributed by atoms with van der Waals surface area (Å²) in [5, 5.41) is 2.52. The number of rotatable bonds is 2. The SMILES string of the molecule is NC(=O)Cc1nccc2c(Cl)c(Cl)ccc12. The van der Waals surface area contributed by atoms with Crippen LogP contribution in [-0.4, -0.2) is 10.9 Å². The van der Waals surface area contributed by atoms with Gasteiger partial charge in [-0.15, -0.1) is 0 Å². The molecule has 3 nitrogen and oxygen atoms in total. The molecule has 0 unspecified atom stereocenters. The van der Waals surface area contributed by atoms with Gasteiger partial charge in [0.25, 0.3) is 0 Å². The maximum Gasteiger partial charge on any atom is 0.223 e. The van der Waals surface area contributed by atoms with Crippen molar-refractivity contribution < 1.29 is 4.79 Å². The van der Waals surface area contributed by atoms with Crippen LogP contribution in [0.25, 0.3) is 10.8 Å². The van der Waals surface area contributed by atoms with Crippen molar-refractivity contribution in [3.8, 4) is 0 Å². The van der Waals surface area contributed by atoms with Crippen molar-refractivity contribution in [2.24, 2.45) is 5.73 Å². The fourth-order valence-electron chi connectivity index (χ4n) is 1.56. The number of benzene rings is 1. The van der Waals surface area contributed by atoms with E-state index < -0.39 is 5.91 Å². The minimum absolute atomic E-state index is 0.0926. The molecule has 5 heteroatoms. The second-order valence-corrected chi connectivity index (χ2v) is 4.14. The number of nitrogens with two attached hydrogens (primary N) is 1. The van der Waals surface area contributed by atoms with Crippen molar-refractivity contribution >= 4 is 39.9 Å². The van der Waals surface area contributed by atoms with Crippen LogP contribution in [-0.2, 0) is 11.2 Å². The van der Waals surface area contributed by atoms with Crippen molar-refractivity contribution in [3.05, 3.63) is 40.1 Å². The van der Waals surface area contributed by atoms with Gasteiger partial charge in [-0.1, -0.05) is 29.3 Å². The average Bonchev–Trinajstić information content (AvgIpc) is 2.23. The Bertz CT molecular complexity index is 569. The molecule has 1 aromatic carbocycles. The summed E-state index contributed by atoms with van der Waals surface area (Å²) in [6.07, 6.45) is 1.68. The molecule has 0 aliphatic rings. The van der Waals surface area contributed by atoms with Gasteiger partial charge in [0.15, 0.2) is 0 Å². The van der Waals surface area contributed by atoms with E-state index >= 15 is 0 Å². The van der Waals surface area contributed by atoms with Gasteiger partial charge in [-0.05, 0) is 12.1 Å². The predicted molar refractivity (Wildman–Crippen MR) is 64.7 cm³/mol. The number of hydrogen-bond donors (Lipinski definition) is 1. The van der Waals surface area contributed by atoms with E-state index in [1.165, 1.54) is 0 Å². The van der Waals surface area contributed by atoms with Crippen LogP contribution in [0.5, 0.6) is 0 Å². The molecular weight excluding hydrogens is 247 g/mol. The third-order valence-electron chi connectivity index (χ3n) is 2.26. The van der Waals surface area contributed by atoms with Crippen molar-refractivity contribution in [1.82, 2.24) is 4.98 Å². The van der Waals surface area contributed by atoms with Gasteiger partial charge < -0.3 is 5.73 Å². The van der Waals surface area contributed by atoms with Gasteiger partial charge >= 0.3 is 0 Å². The van der Waals surface area contributed by atoms with E-state index in [9.17, 15) is 4.79 Å². The van der Waals surface area contributed by atoms with Crippen LogP contribution in [0.2, 0.25) is 10.0 Å². The van der Waals surface area contributed by atoms with Gasteiger partial charge in [0.2, 0.25) is 5.91 Å². The molecule has 0 atom stereocenters. The zero-order valence-corrected chi connectivity index (χ0v) is 9.72. The molecule has 0 aliphatic carbocycles. The number of carbonyl (C=O) groups is 1. The Balaban J connectivity index is 2.69. The minimum Gasteiger partial charge on any atom is -0.369 e. The number of nitrogens with zero attached hydrogens (tertiary/aromatic N) is 1. The Kier molecular flexibility index (Phi) is 2.99. The molecule has 2 N–H and O–H groups in total. The lowest BCUT2D eigenvalue weighted by Crippen LogP contribution is -2.14. The molecule has 2 rings (SSSR count). The first-order valence-corrected chi connectivity index (χ1v) is 5.35.